The third-order valence-electron chi connectivity index (χ3n) is 4.92. The molecule has 5 nitrogen and oxygen atoms in total. The fraction of sp³-hybridized carbons (Fsp3) is 0.579. The Morgan fingerprint density at radius 3 is 2.73 bits per heavy atom. The zero-order chi connectivity index (χ0) is 17.1. The van der Waals surface area contributed by atoms with Crippen LogP contribution in [0.4, 0.5) is 0 Å². The van der Waals surface area contributed by atoms with Gasteiger partial charge in [0.2, 0.25) is 5.91 Å². The first-order chi connectivity index (χ1) is 11.6. The number of para-hydroxylation sites is 2. The summed E-state index contributed by atoms with van der Waals surface area (Å²) in [6.45, 7) is 4.96. The van der Waals surface area contributed by atoms with Gasteiger partial charge in [-0.15, -0.1) is 24.8 Å². The summed E-state index contributed by atoms with van der Waals surface area (Å²) in [5.74, 6) is 1.27. The van der Waals surface area contributed by atoms with E-state index in [4.69, 9.17) is 10.7 Å². The smallest absolute Gasteiger partial charge is 0.223 e. The molecule has 1 fully saturated rings. The Morgan fingerprint density at radius 2 is 2.04 bits per heavy atom. The molecule has 1 aliphatic carbocycles. The Bertz CT molecular complexity index is 717. The van der Waals surface area contributed by atoms with Gasteiger partial charge in [-0.3, -0.25) is 4.79 Å². The molecule has 1 amide bonds. The molecular weight excluding hydrogens is 371 g/mol. The van der Waals surface area contributed by atoms with Crippen LogP contribution in [0, 0.1) is 5.92 Å². The molecule has 1 heterocycles. The SMILES string of the molecule is CC(C)n1c(CCNC(=O)C2CCCC(N)C2)nc2ccccc21.Cl.Cl. The van der Waals surface area contributed by atoms with Crippen LogP contribution < -0.4 is 11.1 Å². The molecule has 1 aliphatic rings. The van der Waals surface area contributed by atoms with Crippen LogP contribution >= 0.6 is 24.8 Å². The lowest BCUT2D eigenvalue weighted by molar-refractivity contribution is -0.126. The predicted molar refractivity (Wildman–Crippen MR) is 111 cm³/mol. The number of amides is 1. The molecule has 1 aromatic heterocycles. The molecule has 0 saturated heterocycles. The first-order valence-electron chi connectivity index (χ1n) is 9.05. The van der Waals surface area contributed by atoms with Crippen molar-refractivity contribution in [2.24, 2.45) is 11.7 Å². The number of nitrogens with two attached hydrogens (primary N) is 1. The number of nitrogens with one attached hydrogen (secondary N) is 1. The van der Waals surface area contributed by atoms with Crippen LogP contribution in [0.15, 0.2) is 24.3 Å². The van der Waals surface area contributed by atoms with Gasteiger partial charge in [-0.2, -0.15) is 0 Å². The molecule has 0 radical (unpaired) electrons. The first kappa shape index (κ1) is 22.7. The van der Waals surface area contributed by atoms with E-state index < -0.39 is 0 Å². The van der Waals surface area contributed by atoms with E-state index in [-0.39, 0.29) is 42.7 Å². The predicted octanol–water partition coefficient (Wildman–Crippen LogP) is 3.64. The summed E-state index contributed by atoms with van der Waals surface area (Å²) in [6, 6.07) is 8.73. The van der Waals surface area contributed by atoms with E-state index in [9.17, 15) is 4.79 Å². The fourth-order valence-electron chi connectivity index (χ4n) is 3.75. The fourth-order valence-corrected chi connectivity index (χ4v) is 3.75. The molecule has 0 aliphatic heterocycles. The Hall–Kier alpha value is -1.30. The third-order valence-corrected chi connectivity index (χ3v) is 4.92. The van der Waals surface area contributed by atoms with Crippen LogP contribution in [0.1, 0.15) is 51.4 Å². The Kier molecular flexibility index (Phi) is 8.87. The number of benzene rings is 1. The molecule has 3 N–H and O–H groups in total. The number of rotatable bonds is 5. The zero-order valence-electron chi connectivity index (χ0n) is 15.5. The number of hydrogen-bond acceptors (Lipinski definition) is 3. The van der Waals surface area contributed by atoms with E-state index in [1.54, 1.807) is 0 Å². The maximum atomic E-state index is 12.3. The molecule has 2 atom stereocenters. The topological polar surface area (TPSA) is 72.9 Å². The van der Waals surface area contributed by atoms with Gasteiger partial charge in [-0.1, -0.05) is 18.6 Å². The number of aromatic nitrogens is 2. The van der Waals surface area contributed by atoms with Crippen LogP contribution in [0.5, 0.6) is 0 Å². The normalized spacial score (nSPS) is 19.7. The molecule has 2 aromatic rings. The lowest BCUT2D eigenvalue weighted by atomic mass is 9.85. The quantitative estimate of drug-likeness (QED) is 0.804. The summed E-state index contributed by atoms with van der Waals surface area (Å²) in [4.78, 5) is 17.1. The first-order valence-corrected chi connectivity index (χ1v) is 9.05. The molecule has 1 saturated carbocycles. The van der Waals surface area contributed by atoms with Gasteiger partial charge in [0.25, 0.3) is 0 Å². The van der Waals surface area contributed by atoms with Gasteiger partial charge in [-0.25, -0.2) is 4.98 Å². The molecule has 26 heavy (non-hydrogen) atoms. The Morgan fingerprint density at radius 1 is 1.31 bits per heavy atom. The van der Waals surface area contributed by atoms with Gasteiger partial charge in [-0.05, 0) is 45.2 Å². The summed E-state index contributed by atoms with van der Waals surface area (Å²) in [5, 5.41) is 3.08. The molecule has 1 aromatic carbocycles. The lowest BCUT2D eigenvalue weighted by Gasteiger charge is -2.25. The largest absolute Gasteiger partial charge is 0.355 e. The number of halogens is 2. The average molecular weight is 401 g/mol. The minimum atomic E-state index is 0. The van der Waals surface area contributed by atoms with Crippen LogP contribution in [0.3, 0.4) is 0 Å². The van der Waals surface area contributed by atoms with Gasteiger partial charge < -0.3 is 15.6 Å². The second-order valence-electron chi connectivity index (χ2n) is 7.15. The highest BCUT2D eigenvalue weighted by Gasteiger charge is 2.25. The Balaban J connectivity index is 0.00000169. The van der Waals surface area contributed by atoms with Gasteiger partial charge >= 0.3 is 0 Å². The van der Waals surface area contributed by atoms with Gasteiger partial charge in [0, 0.05) is 31.0 Å². The van der Waals surface area contributed by atoms with Crippen molar-refractivity contribution in [3.05, 3.63) is 30.1 Å². The van der Waals surface area contributed by atoms with E-state index in [1.807, 2.05) is 18.2 Å². The van der Waals surface area contributed by atoms with E-state index in [1.165, 1.54) is 0 Å². The van der Waals surface area contributed by atoms with E-state index in [2.05, 4.69) is 29.8 Å². The van der Waals surface area contributed by atoms with Crippen molar-refractivity contribution in [1.29, 1.82) is 0 Å². The highest BCUT2D eigenvalue weighted by molar-refractivity contribution is 5.85. The van der Waals surface area contributed by atoms with Gasteiger partial charge in [0.1, 0.15) is 5.82 Å². The molecule has 0 bridgehead atoms. The summed E-state index contributed by atoms with van der Waals surface area (Å²) >= 11 is 0. The number of nitrogens with zero attached hydrogens (tertiary/aromatic N) is 2. The minimum absolute atomic E-state index is 0. The molecule has 2 unspecified atom stereocenters. The molecular formula is C19H30Cl2N4O. The maximum Gasteiger partial charge on any atom is 0.223 e. The van der Waals surface area contributed by atoms with Crippen LogP contribution in [0.2, 0.25) is 0 Å². The van der Waals surface area contributed by atoms with Crippen molar-refractivity contribution in [2.75, 3.05) is 6.54 Å². The summed E-state index contributed by atoms with van der Waals surface area (Å²) in [6.07, 6.45) is 4.63. The number of carbonyl (C=O) groups excluding carboxylic acids is 1. The van der Waals surface area contributed by atoms with Crippen molar-refractivity contribution in [3.8, 4) is 0 Å². The lowest BCUT2D eigenvalue weighted by Crippen LogP contribution is -2.38. The molecule has 146 valence electrons. The number of hydrogen-bond donors (Lipinski definition) is 2. The van der Waals surface area contributed by atoms with Crippen LogP contribution in [0.25, 0.3) is 11.0 Å². The highest BCUT2D eigenvalue weighted by Crippen LogP contribution is 2.23. The number of carbonyl (C=O) groups is 1. The summed E-state index contributed by atoms with van der Waals surface area (Å²) in [7, 11) is 0. The molecule has 0 spiro atoms. The maximum absolute atomic E-state index is 12.3. The molecule has 7 heteroatoms. The second-order valence-corrected chi connectivity index (χ2v) is 7.15. The number of imidazole rings is 1. The number of fused-ring (bicyclic) bond motifs is 1. The zero-order valence-corrected chi connectivity index (χ0v) is 17.1. The summed E-state index contributed by atoms with van der Waals surface area (Å²) < 4.78 is 2.26. The molecule has 3 rings (SSSR count). The van der Waals surface area contributed by atoms with Crippen molar-refractivity contribution in [3.63, 3.8) is 0 Å². The van der Waals surface area contributed by atoms with Crippen molar-refractivity contribution in [2.45, 2.75) is 58.0 Å². The highest BCUT2D eigenvalue weighted by atomic mass is 35.5. The summed E-state index contributed by atoms with van der Waals surface area (Å²) in [5.41, 5.74) is 8.16. The van der Waals surface area contributed by atoms with Crippen LogP contribution in [-0.4, -0.2) is 28.0 Å². The third kappa shape index (κ3) is 5.12. The van der Waals surface area contributed by atoms with Crippen molar-refractivity contribution < 1.29 is 4.79 Å². The minimum Gasteiger partial charge on any atom is -0.355 e. The van der Waals surface area contributed by atoms with Crippen molar-refractivity contribution >= 4 is 41.8 Å². The average Bonchev–Trinajstić information content (AvgIpc) is 2.93. The second kappa shape index (κ2) is 10.1. The van der Waals surface area contributed by atoms with E-state index in [0.29, 0.717) is 12.6 Å². The standard InChI is InChI=1S/C19H28N4O.2ClH/c1-13(2)23-17-9-4-3-8-16(17)22-18(23)10-11-21-19(24)14-6-5-7-15(20)12-14;;/h3-4,8-9,13-15H,5-7,10-12,20H2,1-2H3,(H,21,24);2*1H. The Labute approximate surface area is 167 Å². The van der Waals surface area contributed by atoms with Crippen molar-refractivity contribution in [1.82, 2.24) is 14.9 Å². The van der Waals surface area contributed by atoms with Crippen LogP contribution in [-0.2, 0) is 11.2 Å². The van der Waals surface area contributed by atoms with E-state index >= 15 is 0 Å². The monoisotopic (exact) mass is 400 g/mol. The van der Waals surface area contributed by atoms with Gasteiger partial charge in [0.05, 0.1) is 11.0 Å². The van der Waals surface area contributed by atoms with Gasteiger partial charge in [0.15, 0.2) is 0 Å². The van der Waals surface area contributed by atoms with E-state index in [0.717, 1.165) is 49.0 Å².